The molecule has 0 bridgehead atoms. The zero-order chi connectivity index (χ0) is 12.8. The predicted molar refractivity (Wildman–Crippen MR) is 72.0 cm³/mol. The summed E-state index contributed by atoms with van der Waals surface area (Å²) in [5, 5.41) is 3.33. The second-order valence-corrected chi connectivity index (χ2v) is 4.75. The molecule has 1 aromatic rings. The van der Waals surface area contributed by atoms with Crippen LogP contribution in [0, 0.1) is 6.92 Å². The molecule has 0 radical (unpaired) electrons. The summed E-state index contributed by atoms with van der Waals surface area (Å²) >= 11 is 0. The summed E-state index contributed by atoms with van der Waals surface area (Å²) in [4.78, 5) is 2.33. The third-order valence-corrected chi connectivity index (χ3v) is 3.39. The maximum Gasteiger partial charge on any atom is 0.118 e. The van der Waals surface area contributed by atoms with Crippen LogP contribution in [0.15, 0.2) is 10.5 Å². The molecule has 0 spiro atoms. The Hall–Kier alpha value is -0.800. The Morgan fingerprint density at radius 1 is 1.41 bits per heavy atom. The first-order valence-corrected chi connectivity index (χ1v) is 6.57. The van der Waals surface area contributed by atoms with Crippen molar-refractivity contribution >= 4 is 0 Å². The topological polar surface area (TPSA) is 28.4 Å². The number of nitrogens with one attached hydrogen (secondary N) is 1. The van der Waals surface area contributed by atoms with Crippen molar-refractivity contribution < 1.29 is 4.42 Å². The van der Waals surface area contributed by atoms with Crippen LogP contribution in [0.5, 0.6) is 0 Å². The van der Waals surface area contributed by atoms with E-state index in [9.17, 15) is 0 Å². The predicted octanol–water partition coefficient (Wildman–Crippen LogP) is 2.93. The molecular formula is C14H26N2O. The van der Waals surface area contributed by atoms with Gasteiger partial charge in [-0.2, -0.15) is 0 Å². The maximum absolute atomic E-state index is 5.80. The summed E-state index contributed by atoms with van der Waals surface area (Å²) in [6.07, 6.45) is 1.17. The molecule has 0 saturated carbocycles. The van der Waals surface area contributed by atoms with Gasteiger partial charge in [-0.25, -0.2) is 0 Å². The molecule has 1 rings (SSSR count). The molecule has 1 aromatic heterocycles. The van der Waals surface area contributed by atoms with E-state index in [1.54, 1.807) is 0 Å². The largest absolute Gasteiger partial charge is 0.465 e. The van der Waals surface area contributed by atoms with Crippen molar-refractivity contribution in [3.8, 4) is 0 Å². The normalized spacial score (nSPS) is 13.3. The fourth-order valence-electron chi connectivity index (χ4n) is 1.81. The smallest absolute Gasteiger partial charge is 0.118 e. The van der Waals surface area contributed by atoms with Crippen molar-refractivity contribution in [2.75, 3.05) is 13.6 Å². The lowest BCUT2D eigenvalue weighted by molar-refractivity contribution is 0.224. The zero-order valence-corrected chi connectivity index (χ0v) is 11.8. The highest BCUT2D eigenvalue weighted by Crippen LogP contribution is 2.17. The van der Waals surface area contributed by atoms with Crippen LogP contribution in [-0.4, -0.2) is 24.5 Å². The summed E-state index contributed by atoms with van der Waals surface area (Å²) in [6.45, 7) is 11.4. The van der Waals surface area contributed by atoms with Crippen LogP contribution >= 0.6 is 0 Å². The SMILES string of the molecule is CCNCc1cc(CN(C)C(C)CC)oc1C. The molecule has 0 amide bonds. The molecule has 1 heterocycles. The van der Waals surface area contributed by atoms with Gasteiger partial charge in [0.25, 0.3) is 0 Å². The van der Waals surface area contributed by atoms with E-state index in [0.29, 0.717) is 6.04 Å². The summed E-state index contributed by atoms with van der Waals surface area (Å²) in [7, 11) is 2.15. The van der Waals surface area contributed by atoms with E-state index in [4.69, 9.17) is 4.42 Å². The summed E-state index contributed by atoms with van der Waals surface area (Å²) in [6, 6.07) is 2.77. The quantitative estimate of drug-likeness (QED) is 0.791. The van der Waals surface area contributed by atoms with Gasteiger partial charge in [-0.05, 0) is 39.9 Å². The van der Waals surface area contributed by atoms with Gasteiger partial charge in [0, 0.05) is 18.2 Å². The first-order chi connectivity index (χ1) is 8.08. The van der Waals surface area contributed by atoms with Crippen molar-refractivity contribution in [3.05, 3.63) is 23.2 Å². The van der Waals surface area contributed by atoms with Gasteiger partial charge in [0.15, 0.2) is 0 Å². The van der Waals surface area contributed by atoms with Crippen molar-refractivity contribution in [2.24, 2.45) is 0 Å². The Morgan fingerprint density at radius 2 is 2.12 bits per heavy atom. The molecule has 0 saturated heterocycles. The number of aryl methyl sites for hydroxylation is 1. The highest BCUT2D eigenvalue weighted by atomic mass is 16.3. The van der Waals surface area contributed by atoms with Crippen molar-refractivity contribution in [2.45, 2.75) is 53.2 Å². The summed E-state index contributed by atoms with van der Waals surface area (Å²) < 4.78 is 5.80. The Balaban J connectivity index is 2.60. The van der Waals surface area contributed by atoms with Gasteiger partial charge >= 0.3 is 0 Å². The fourth-order valence-corrected chi connectivity index (χ4v) is 1.81. The molecular weight excluding hydrogens is 212 g/mol. The number of hydrogen-bond donors (Lipinski definition) is 1. The average Bonchev–Trinajstić information content (AvgIpc) is 2.65. The molecule has 98 valence electrons. The lowest BCUT2D eigenvalue weighted by atomic mass is 10.2. The number of furan rings is 1. The molecule has 0 fully saturated rings. The van der Waals surface area contributed by atoms with E-state index in [-0.39, 0.29) is 0 Å². The lowest BCUT2D eigenvalue weighted by Crippen LogP contribution is -2.27. The first-order valence-electron chi connectivity index (χ1n) is 6.57. The first kappa shape index (κ1) is 14.3. The molecule has 3 heteroatoms. The van der Waals surface area contributed by atoms with Gasteiger partial charge < -0.3 is 9.73 Å². The van der Waals surface area contributed by atoms with Crippen LogP contribution < -0.4 is 5.32 Å². The Labute approximate surface area is 105 Å². The van der Waals surface area contributed by atoms with Crippen LogP contribution in [-0.2, 0) is 13.1 Å². The highest BCUT2D eigenvalue weighted by Gasteiger charge is 2.12. The summed E-state index contributed by atoms with van der Waals surface area (Å²) in [5.41, 5.74) is 1.28. The Kier molecular flexibility index (Phi) is 5.72. The molecule has 0 aliphatic heterocycles. The molecule has 1 unspecified atom stereocenters. The van der Waals surface area contributed by atoms with Crippen LogP contribution in [0.4, 0.5) is 0 Å². The van der Waals surface area contributed by atoms with E-state index in [0.717, 1.165) is 31.2 Å². The minimum atomic E-state index is 0.595. The second-order valence-electron chi connectivity index (χ2n) is 4.75. The Morgan fingerprint density at radius 3 is 2.71 bits per heavy atom. The van der Waals surface area contributed by atoms with Gasteiger partial charge in [0.1, 0.15) is 11.5 Å². The van der Waals surface area contributed by atoms with Gasteiger partial charge in [-0.3, -0.25) is 4.90 Å². The summed E-state index contributed by atoms with van der Waals surface area (Å²) in [5.74, 6) is 2.11. The maximum atomic E-state index is 5.80. The lowest BCUT2D eigenvalue weighted by Gasteiger charge is -2.21. The molecule has 1 N–H and O–H groups in total. The average molecular weight is 238 g/mol. The van der Waals surface area contributed by atoms with E-state index in [1.165, 1.54) is 12.0 Å². The minimum Gasteiger partial charge on any atom is -0.465 e. The van der Waals surface area contributed by atoms with E-state index in [2.05, 4.69) is 44.1 Å². The van der Waals surface area contributed by atoms with Gasteiger partial charge in [0.2, 0.25) is 0 Å². The zero-order valence-electron chi connectivity index (χ0n) is 11.8. The van der Waals surface area contributed by atoms with Crippen molar-refractivity contribution in [1.29, 1.82) is 0 Å². The molecule has 0 aliphatic rings. The number of hydrogen-bond acceptors (Lipinski definition) is 3. The molecule has 1 atom stereocenters. The van der Waals surface area contributed by atoms with E-state index < -0.39 is 0 Å². The van der Waals surface area contributed by atoms with E-state index in [1.807, 2.05) is 6.92 Å². The van der Waals surface area contributed by atoms with Crippen LogP contribution in [0.1, 0.15) is 44.3 Å². The standard InChI is InChI=1S/C14H26N2O/c1-6-11(3)16(5)10-14-8-13(9-15-7-2)12(4)17-14/h8,11,15H,6-7,9-10H2,1-5H3. The molecule has 0 aromatic carbocycles. The third-order valence-electron chi connectivity index (χ3n) is 3.39. The van der Waals surface area contributed by atoms with Gasteiger partial charge in [-0.1, -0.05) is 13.8 Å². The van der Waals surface area contributed by atoms with Crippen LogP contribution in [0.3, 0.4) is 0 Å². The van der Waals surface area contributed by atoms with Crippen LogP contribution in [0.25, 0.3) is 0 Å². The minimum absolute atomic E-state index is 0.595. The highest BCUT2D eigenvalue weighted by molar-refractivity contribution is 5.20. The van der Waals surface area contributed by atoms with Crippen molar-refractivity contribution in [1.82, 2.24) is 10.2 Å². The number of nitrogens with zero attached hydrogens (tertiary/aromatic N) is 1. The van der Waals surface area contributed by atoms with Gasteiger partial charge in [0.05, 0.1) is 6.54 Å². The molecule has 3 nitrogen and oxygen atoms in total. The Bertz CT molecular complexity index is 333. The fraction of sp³-hybridized carbons (Fsp3) is 0.714. The van der Waals surface area contributed by atoms with E-state index >= 15 is 0 Å². The van der Waals surface area contributed by atoms with Gasteiger partial charge in [-0.15, -0.1) is 0 Å². The van der Waals surface area contributed by atoms with Crippen molar-refractivity contribution in [3.63, 3.8) is 0 Å². The third kappa shape index (κ3) is 4.17. The monoisotopic (exact) mass is 238 g/mol. The molecule has 0 aliphatic carbocycles. The molecule has 17 heavy (non-hydrogen) atoms. The van der Waals surface area contributed by atoms with Crippen LogP contribution in [0.2, 0.25) is 0 Å². The number of rotatable bonds is 7. The second kappa shape index (κ2) is 6.82.